The van der Waals surface area contributed by atoms with Gasteiger partial charge in [-0.3, -0.25) is 4.79 Å². The summed E-state index contributed by atoms with van der Waals surface area (Å²) in [5.41, 5.74) is 2.17. The molecule has 1 N–H and O–H groups in total. The zero-order chi connectivity index (χ0) is 23.9. The van der Waals surface area contributed by atoms with Gasteiger partial charge in [0.25, 0.3) is 0 Å². The first-order chi connectivity index (χ1) is 17.1. The quantitative estimate of drug-likeness (QED) is 0.466. The number of nitrogens with one attached hydrogen (secondary N) is 1. The highest BCUT2D eigenvalue weighted by Gasteiger charge is 2.37. The van der Waals surface area contributed by atoms with Gasteiger partial charge in [0.1, 0.15) is 11.6 Å². The molecule has 0 radical (unpaired) electrons. The Balaban J connectivity index is 1.22. The van der Waals surface area contributed by atoms with Crippen LogP contribution in [0.15, 0.2) is 65.7 Å². The topological polar surface area (TPSA) is 88.8 Å². The molecular formula is C26H25FN6O2. The molecule has 2 aromatic carbocycles. The Kier molecular flexibility index (Phi) is 5.32. The molecule has 1 aliphatic carbocycles. The van der Waals surface area contributed by atoms with Gasteiger partial charge in [0.2, 0.25) is 5.91 Å². The van der Waals surface area contributed by atoms with Crippen LogP contribution in [0.5, 0.6) is 0 Å². The average Bonchev–Trinajstić information content (AvgIpc) is 3.22. The van der Waals surface area contributed by atoms with Crippen molar-refractivity contribution in [2.75, 3.05) is 13.1 Å². The average molecular weight is 473 g/mol. The molecule has 1 amide bonds. The van der Waals surface area contributed by atoms with E-state index in [0.717, 1.165) is 37.1 Å². The van der Waals surface area contributed by atoms with Crippen LogP contribution in [0, 0.1) is 17.7 Å². The second kappa shape index (κ2) is 8.65. The van der Waals surface area contributed by atoms with Crippen molar-refractivity contribution in [1.82, 2.24) is 29.4 Å². The lowest BCUT2D eigenvalue weighted by Gasteiger charge is -2.16. The predicted molar refractivity (Wildman–Crippen MR) is 128 cm³/mol. The van der Waals surface area contributed by atoms with Crippen molar-refractivity contribution in [3.05, 3.63) is 83.1 Å². The fraction of sp³-hybridized carbons (Fsp3) is 0.308. The molecule has 1 saturated carbocycles. The Hall–Kier alpha value is -4.01. The zero-order valence-electron chi connectivity index (χ0n) is 19.1. The minimum Gasteiger partial charge on any atom is -0.342 e. The standard InChI is InChI=1S/C26H25FN6O2/c27-22-15-20(18-4-7-21(8-5-18)32-12-1-11-28-32)6-9-23(22)33-24(29-30-26(33)35)14-17-10-13-31(16-17)25(34)19-2-3-19/h1,4-9,11-12,15,17,19H,2-3,10,13-14,16H2,(H,30,35)/t17-/m0/s1. The van der Waals surface area contributed by atoms with Crippen LogP contribution in [0.1, 0.15) is 25.1 Å². The lowest BCUT2D eigenvalue weighted by Crippen LogP contribution is -2.30. The molecular weight excluding hydrogens is 447 g/mol. The Morgan fingerprint density at radius 2 is 1.89 bits per heavy atom. The number of aromatic nitrogens is 5. The molecule has 35 heavy (non-hydrogen) atoms. The molecule has 0 unspecified atom stereocenters. The molecule has 4 aromatic rings. The van der Waals surface area contributed by atoms with Gasteiger partial charge >= 0.3 is 5.69 Å². The molecule has 3 heterocycles. The highest BCUT2D eigenvalue weighted by Crippen LogP contribution is 2.33. The maximum Gasteiger partial charge on any atom is 0.348 e. The summed E-state index contributed by atoms with van der Waals surface area (Å²) in [6, 6.07) is 14.4. The molecule has 6 rings (SSSR count). The highest BCUT2D eigenvalue weighted by molar-refractivity contribution is 5.81. The van der Waals surface area contributed by atoms with Gasteiger partial charge in [-0.05, 0) is 66.6 Å². The van der Waals surface area contributed by atoms with Crippen molar-refractivity contribution in [3.63, 3.8) is 0 Å². The SMILES string of the molecule is O=C(C1CC1)N1CC[C@@H](Cc2n[nH]c(=O)n2-c2ccc(-c3ccc(-n4cccn4)cc3)cc2F)C1. The molecule has 2 aliphatic rings. The molecule has 2 fully saturated rings. The van der Waals surface area contributed by atoms with E-state index in [1.165, 1.54) is 10.6 Å². The van der Waals surface area contributed by atoms with Gasteiger partial charge in [0.15, 0.2) is 0 Å². The smallest absolute Gasteiger partial charge is 0.342 e. The van der Waals surface area contributed by atoms with Crippen LogP contribution < -0.4 is 5.69 Å². The molecule has 1 saturated heterocycles. The van der Waals surface area contributed by atoms with E-state index in [0.29, 0.717) is 24.4 Å². The molecule has 178 valence electrons. The second-order valence-corrected chi connectivity index (χ2v) is 9.36. The maximum absolute atomic E-state index is 15.3. The summed E-state index contributed by atoms with van der Waals surface area (Å²) < 4.78 is 18.3. The van der Waals surface area contributed by atoms with Crippen molar-refractivity contribution in [1.29, 1.82) is 0 Å². The van der Waals surface area contributed by atoms with Crippen molar-refractivity contribution < 1.29 is 9.18 Å². The summed E-state index contributed by atoms with van der Waals surface area (Å²) in [5.74, 6) is 0.622. The van der Waals surface area contributed by atoms with Gasteiger partial charge in [-0.15, -0.1) is 0 Å². The van der Waals surface area contributed by atoms with Crippen LogP contribution in [0.2, 0.25) is 0 Å². The van der Waals surface area contributed by atoms with Crippen LogP contribution in [0.25, 0.3) is 22.5 Å². The summed E-state index contributed by atoms with van der Waals surface area (Å²) >= 11 is 0. The number of carbonyl (C=O) groups excluding carboxylic acids is 1. The van der Waals surface area contributed by atoms with Crippen LogP contribution >= 0.6 is 0 Å². The minimum absolute atomic E-state index is 0.166. The number of halogens is 1. The maximum atomic E-state index is 15.3. The normalized spacial score (nSPS) is 17.7. The second-order valence-electron chi connectivity index (χ2n) is 9.36. The first-order valence-electron chi connectivity index (χ1n) is 11.9. The molecule has 2 aromatic heterocycles. The first kappa shape index (κ1) is 21.5. The van der Waals surface area contributed by atoms with Crippen LogP contribution in [-0.2, 0) is 11.2 Å². The van der Waals surface area contributed by atoms with E-state index in [1.807, 2.05) is 41.4 Å². The molecule has 9 heteroatoms. The van der Waals surface area contributed by atoms with E-state index in [9.17, 15) is 9.59 Å². The van der Waals surface area contributed by atoms with Gasteiger partial charge in [0, 0.05) is 37.8 Å². The van der Waals surface area contributed by atoms with Crippen molar-refractivity contribution in [3.8, 4) is 22.5 Å². The number of hydrogen-bond donors (Lipinski definition) is 1. The van der Waals surface area contributed by atoms with Gasteiger partial charge in [-0.1, -0.05) is 18.2 Å². The van der Waals surface area contributed by atoms with Crippen LogP contribution in [-0.4, -0.2) is 48.4 Å². The Morgan fingerprint density at radius 3 is 2.60 bits per heavy atom. The number of hydrogen-bond acceptors (Lipinski definition) is 4. The molecule has 1 aliphatic heterocycles. The summed E-state index contributed by atoms with van der Waals surface area (Å²) in [6.07, 6.45) is 6.91. The molecule has 1 atom stereocenters. The van der Waals surface area contributed by atoms with Crippen LogP contribution in [0.3, 0.4) is 0 Å². The van der Waals surface area contributed by atoms with Crippen molar-refractivity contribution >= 4 is 5.91 Å². The van der Waals surface area contributed by atoms with Crippen LogP contribution in [0.4, 0.5) is 4.39 Å². The Morgan fingerprint density at radius 1 is 1.09 bits per heavy atom. The monoisotopic (exact) mass is 472 g/mol. The number of H-pyrrole nitrogens is 1. The Bertz CT molecular complexity index is 1420. The predicted octanol–water partition coefficient (Wildman–Crippen LogP) is 3.35. The summed E-state index contributed by atoms with van der Waals surface area (Å²) in [5, 5.41) is 10.9. The number of rotatable bonds is 6. The Labute approximate surface area is 201 Å². The lowest BCUT2D eigenvalue weighted by molar-refractivity contribution is -0.131. The third-order valence-corrected chi connectivity index (χ3v) is 6.90. The molecule has 0 bridgehead atoms. The van der Waals surface area contributed by atoms with Gasteiger partial charge in [-0.2, -0.15) is 10.2 Å². The van der Waals surface area contributed by atoms with E-state index in [1.54, 1.807) is 23.0 Å². The largest absolute Gasteiger partial charge is 0.348 e. The first-order valence-corrected chi connectivity index (χ1v) is 11.9. The minimum atomic E-state index is -0.500. The van der Waals surface area contributed by atoms with Crippen molar-refractivity contribution in [2.45, 2.75) is 25.7 Å². The van der Waals surface area contributed by atoms with Gasteiger partial charge in [-0.25, -0.2) is 23.5 Å². The number of nitrogens with zero attached hydrogens (tertiary/aromatic N) is 5. The fourth-order valence-electron chi connectivity index (χ4n) is 4.86. The van der Waals surface area contributed by atoms with E-state index in [4.69, 9.17) is 0 Å². The van der Waals surface area contributed by atoms with Crippen molar-refractivity contribution in [2.24, 2.45) is 11.8 Å². The summed E-state index contributed by atoms with van der Waals surface area (Å²) in [4.78, 5) is 26.8. The van der Waals surface area contributed by atoms with Gasteiger partial charge < -0.3 is 4.90 Å². The molecule has 0 spiro atoms. The third-order valence-electron chi connectivity index (χ3n) is 6.90. The number of carbonyl (C=O) groups is 1. The number of aromatic amines is 1. The fourth-order valence-corrected chi connectivity index (χ4v) is 4.86. The van der Waals surface area contributed by atoms with E-state index >= 15 is 4.39 Å². The van der Waals surface area contributed by atoms with E-state index < -0.39 is 11.5 Å². The zero-order valence-corrected chi connectivity index (χ0v) is 19.1. The summed E-state index contributed by atoms with van der Waals surface area (Å²) in [7, 11) is 0. The number of likely N-dealkylation sites (tertiary alicyclic amines) is 1. The molecule has 8 nitrogen and oxygen atoms in total. The van der Waals surface area contributed by atoms with Gasteiger partial charge in [0.05, 0.1) is 11.4 Å². The third kappa shape index (κ3) is 4.18. The highest BCUT2D eigenvalue weighted by atomic mass is 19.1. The summed E-state index contributed by atoms with van der Waals surface area (Å²) in [6.45, 7) is 1.39. The van der Waals surface area contributed by atoms with E-state index in [2.05, 4.69) is 15.3 Å². The number of benzene rings is 2. The number of amides is 1. The lowest BCUT2D eigenvalue weighted by atomic mass is 10.0. The van der Waals surface area contributed by atoms with E-state index in [-0.39, 0.29) is 23.4 Å².